The van der Waals surface area contributed by atoms with Crippen molar-refractivity contribution in [2.24, 2.45) is 0 Å². The molecule has 0 spiro atoms. The SMILES string of the molecule is O=C(O)CCCn1nnnc1-c1cccc(Oc2cccc(-c3nnc(Nc4ccc(Cl)c(Cl)c4)s3)c2)c1. The summed E-state index contributed by atoms with van der Waals surface area (Å²) >= 11 is 13.5. The normalized spacial score (nSPS) is 10.9. The van der Waals surface area contributed by atoms with E-state index < -0.39 is 5.97 Å². The molecule has 0 atom stereocenters. The van der Waals surface area contributed by atoms with Crippen molar-refractivity contribution < 1.29 is 14.6 Å². The fraction of sp³-hybridized carbons (Fsp3) is 0.120. The number of hydrogen-bond donors (Lipinski definition) is 2. The number of ether oxygens (including phenoxy) is 1. The number of hydrogen-bond acceptors (Lipinski definition) is 9. The third kappa shape index (κ3) is 6.25. The van der Waals surface area contributed by atoms with E-state index in [4.69, 9.17) is 33.0 Å². The van der Waals surface area contributed by atoms with E-state index in [1.807, 2.05) is 54.6 Å². The summed E-state index contributed by atoms with van der Waals surface area (Å²) in [7, 11) is 0. The van der Waals surface area contributed by atoms with E-state index in [1.54, 1.807) is 16.8 Å². The Kier molecular flexibility index (Phi) is 7.78. The second-order valence-corrected chi connectivity index (χ2v) is 9.84. The van der Waals surface area contributed by atoms with E-state index in [0.29, 0.717) is 50.5 Å². The number of benzene rings is 3. The molecule has 2 N–H and O–H groups in total. The molecule has 0 aliphatic heterocycles. The Morgan fingerprint density at radius 2 is 1.71 bits per heavy atom. The lowest BCUT2D eigenvalue weighted by molar-refractivity contribution is -0.137. The zero-order valence-electron chi connectivity index (χ0n) is 19.6. The van der Waals surface area contributed by atoms with Gasteiger partial charge in [0.05, 0.1) is 10.0 Å². The van der Waals surface area contributed by atoms with E-state index in [9.17, 15) is 4.79 Å². The molecule has 0 aliphatic carbocycles. The smallest absolute Gasteiger partial charge is 0.303 e. The van der Waals surface area contributed by atoms with Crippen LogP contribution in [0.3, 0.4) is 0 Å². The summed E-state index contributed by atoms with van der Waals surface area (Å²) in [4.78, 5) is 10.8. The molecular weight excluding hydrogens is 549 g/mol. The lowest BCUT2D eigenvalue weighted by Gasteiger charge is -2.09. The second kappa shape index (κ2) is 11.5. The Bertz CT molecular complexity index is 1590. The Morgan fingerprint density at radius 3 is 2.47 bits per heavy atom. The van der Waals surface area contributed by atoms with Crippen molar-refractivity contribution in [1.29, 1.82) is 0 Å². The van der Waals surface area contributed by atoms with Crippen molar-refractivity contribution in [3.63, 3.8) is 0 Å². The minimum absolute atomic E-state index is 0.0421. The molecule has 0 bridgehead atoms. The molecule has 0 saturated carbocycles. The zero-order chi connectivity index (χ0) is 26.5. The van der Waals surface area contributed by atoms with Crippen LogP contribution in [-0.4, -0.2) is 41.5 Å². The van der Waals surface area contributed by atoms with Gasteiger partial charge in [-0.2, -0.15) is 0 Å². The fourth-order valence-corrected chi connectivity index (χ4v) is 4.62. The van der Waals surface area contributed by atoms with Crippen LogP contribution in [0.25, 0.3) is 22.0 Å². The van der Waals surface area contributed by atoms with Crippen LogP contribution in [0.2, 0.25) is 10.0 Å². The van der Waals surface area contributed by atoms with Crippen LogP contribution in [0.15, 0.2) is 66.7 Å². The molecule has 0 aliphatic rings. The number of nitrogens with one attached hydrogen (secondary N) is 1. The average Bonchev–Trinajstić information content (AvgIpc) is 3.56. The van der Waals surface area contributed by atoms with Crippen molar-refractivity contribution in [2.45, 2.75) is 19.4 Å². The van der Waals surface area contributed by atoms with Gasteiger partial charge < -0.3 is 15.2 Å². The first-order chi connectivity index (χ1) is 18.4. The molecule has 192 valence electrons. The maximum Gasteiger partial charge on any atom is 0.303 e. The number of aliphatic carboxylic acids is 1. The number of aryl methyl sites for hydroxylation is 1. The Labute approximate surface area is 230 Å². The van der Waals surface area contributed by atoms with E-state index in [-0.39, 0.29) is 6.42 Å². The highest BCUT2D eigenvalue weighted by molar-refractivity contribution is 7.18. The van der Waals surface area contributed by atoms with Crippen LogP contribution in [0.1, 0.15) is 12.8 Å². The van der Waals surface area contributed by atoms with Gasteiger partial charge in [-0.15, -0.1) is 15.3 Å². The molecule has 0 radical (unpaired) electrons. The molecule has 0 fully saturated rings. The van der Waals surface area contributed by atoms with Gasteiger partial charge in [0, 0.05) is 29.8 Å². The van der Waals surface area contributed by atoms with Crippen LogP contribution in [0, 0.1) is 0 Å². The molecule has 3 aromatic carbocycles. The number of rotatable bonds is 10. The van der Waals surface area contributed by atoms with Crippen LogP contribution in [0.4, 0.5) is 10.8 Å². The molecule has 0 amide bonds. The summed E-state index contributed by atoms with van der Waals surface area (Å²) in [5.41, 5.74) is 2.36. The lowest BCUT2D eigenvalue weighted by atomic mass is 10.2. The van der Waals surface area contributed by atoms with Crippen LogP contribution < -0.4 is 10.1 Å². The van der Waals surface area contributed by atoms with Crippen molar-refractivity contribution in [1.82, 2.24) is 30.4 Å². The zero-order valence-corrected chi connectivity index (χ0v) is 21.9. The van der Waals surface area contributed by atoms with Gasteiger partial charge in [-0.05, 0) is 59.3 Å². The van der Waals surface area contributed by atoms with Gasteiger partial charge in [-0.3, -0.25) is 4.79 Å². The van der Waals surface area contributed by atoms with E-state index >= 15 is 0 Å². The topological polar surface area (TPSA) is 128 Å². The first-order valence-electron chi connectivity index (χ1n) is 11.4. The maximum atomic E-state index is 10.8. The molecule has 2 heterocycles. The number of tetrazole rings is 1. The first kappa shape index (κ1) is 25.6. The van der Waals surface area contributed by atoms with E-state index in [0.717, 1.165) is 16.8 Å². The van der Waals surface area contributed by atoms with Crippen molar-refractivity contribution in [3.8, 4) is 33.5 Å². The van der Waals surface area contributed by atoms with Gasteiger partial charge >= 0.3 is 5.97 Å². The second-order valence-electron chi connectivity index (χ2n) is 8.05. The number of halogens is 2. The van der Waals surface area contributed by atoms with Gasteiger partial charge in [-0.1, -0.05) is 58.8 Å². The predicted octanol–water partition coefficient (Wildman–Crippen LogP) is 6.57. The third-order valence-electron chi connectivity index (χ3n) is 5.30. The highest BCUT2D eigenvalue weighted by atomic mass is 35.5. The van der Waals surface area contributed by atoms with Crippen molar-refractivity contribution in [2.75, 3.05) is 5.32 Å². The van der Waals surface area contributed by atoms with Crippen LogP contribution in [-0.2, 0) is 11.3 Å². The Balaban J connectivity index is 1.29. The first-order valence-corrected chi connectivity index (χ1v) is 12.9. The summed E-state index contributed by atoms with van der Waals surface area (Å²) in [5, 5.41) is 34.6. The van der Waals surface area contributed by atoms with Gasteiger partial charge in [0.25, 0.3) is 0 Å². The molecule has 5 rings (SSSR count). The van der Waals surface area contributed by atoms with Gasteiger partial charge in [-0.25, -0.2) is 4.68 Å². The molecule has 10 nitrogen and oxygen atoms in total. The number of carbonyl (C=O) groups is 1. The number of nitrogens with zero attached hydrogens (tertiary/aromatic N) is 6. The largest absolute Gasteiger partial charge is 0.481 e. The molecule has 0 saturated heterocycles. The van der Waals surface area contributed by atoms with E-state index in [2.05, 4.69) is 31.0 Å². The number of aromatic nitrogens is 6. The Hall–Kier alpha value is -4.06. The minimum Gasteiger partial charge on any atom is -0.481 e. The number of carboxylic acids is 1. The van der Waals surface area contributed by atoms with Crippen molar-refractivity contribution in [3.05, 3.63) is 76.8 Å². The highest BCUT2D eigenvalue weighted by Gasteiger charge is 2.12. The van der Waals surface area contributed by atoms with Crippen LogP contribution >= 0.6 is 34.5 Å². The molecule has 13 heteroatoms. The molecular formula is C25H19Cl2N7O3S. The summed E-state index contributed by atoms with van der Waals surface area (Å²) in [6.07, 6.45) is 0.465. The lowest BCUT2D eigenvalue weighted by Crippen LogP contribution is -2.05. The number of carboxylic acid groups (broad SMARTS) is 1. The molecule has 5 aromatic rings. The fourth-order valence-electron chi connectivity index (χ4n) is 3.56. The van der Waals surface area contributed by atoms with Crippen LogP contribution in [0.5, 0.6) is 11.5 Å². The summed E-state index contributed by atoms with van der Waals surface area (Å²) < 4.78 is 7.70. The monoisotopic (exact) mass is 567 g/mol. The maximum absolute atomic E-state index is 10.8. The van der Waals surface area contributed by atoms with Crippen molar-refractivity contribution >= 4 is 51.3 Å². The summed E-state index contributed by atoms with van der Waals surface area (Å²) in [5.74, 6) is 0.893. The third-order valence-corrected chi connectivity index (χ3v) is 6.92. The quantitative estimate of drug-likeness (QED) is 0.192. The van der Waals surface area contributed by atoms with Gasteiger partial charge in [0.15, 0.2) is 5.82 Å². The summed E-state index contributed by atoms with van der Waals surface area (Å²) in [6, 6.07) is 20.2. The van der Waals surface area contributed by atoms with Gasteiger partial charge in [0.2, 0.25) is 5.13 Å². The minimum atomic E-state index is -0.857. The number of anilines is 2. The molecule has 38 heavy (non-hydrogen) atoms. The average molecular weight is 568 g/mol. The highest BCUT2D eigenvalue weighted by Crippen LogP contribution is 2.33. The molecule has 0 unspecified atom stereocenters. The standard InChI is InChI=1S/C25H19Cl2N7O3S/c26-20-10-9-17(14-21(20)27)28-25-31-30-24(38-25)16-5-2-7-19(13-16)37-18-6-1-4-15(12-18)23-29-32-33-34(23)11-3-8-22(35)36/h1-2,4-7,9-10,12-14H,3,8,11H2,(H,28,31)(H,35,36). The van der Waals surface area contributed by atoms with Gasteiger partial charge in [0.1, 0.15) is 16.5 Å². The predicted molar refractivity (Wildman–Crippen MR) is 145 cm³/mol. The molecule has 2 aromatic heterocycles. The van der Waals surface area contributed by atoms with E-state index in [1.165, 1.54) is 11.3 Å². The summed E-state index contributed by atoms with van der Waals surface area (Å²) in [6.45, 7) is 0.394. The Morgan fingerprint density at radius 1 is 0.947 bits per heavy atom.